The lowest BCUT2D eigenvalue weighted by Gasteiger charge is -2.28. The summed E-state index contributed by atoms with van der Waals surface area (Å²) in [4.78, 5) is 11.0. The van der Waals surface area contributed by atoms with Crippen LogP contribution in [0.2, 0.25) is 0 Å². The van der Waals surface area contributed by atoms with E-state index >= 15 is 0 Å². The fourth-order valence-corrected chi connectivity index (χ4v) is 2.79. The lowest BCUT2D eigenvalue weighted by Crippen LogP contribution is -2.19. The molecule has 0 radical (unpaired) electrons. The molecule has 0 saturated heterocycles. The van der Waals surface area contributed by atoms with Gasteiger partial charge in [0.15, 0.2) is 0 Å². The molecule has 0 spiro atoms. The Hall–Kier alpha value is -1.51. The minimum Gasteiger partial charge on any atom is -0.507 e. The van der Waals surface area contributed by atoms with E-state index in [-0.39, 0.29) is 11.8 Å². The van der Waals surface area contributed by atoms with Crippen LogP contribution in [0.15, 0.2) is 6.07 Å². The Labute approximate surface area is 128 Å². The molecule has 118 valence electrons. The quantitative estimate of drug-likeness (QED) is 0.728. The fourth-order valence-electron chi connectivity index (χ4n) is 2.79. The normalized spacial score (nSPS) is 11.7. The molecule has 0 bridgehead atoms. The third-order valence-electron chi connectivity index (χ3n) is 4.45. The second-order valence-corrected chi connectivity index (χ2v) is 6.59. The summed E-state index contributed by atoms with van der Waals surface area (Å²) < 4.78 is 0. The first-order valence-electron chi connectivity index (χ1n) is 7.75. The first-order valence-corrected chi connectivity index (χ1v) is 7.75. The van der Waals surface area contributed by atoms with Crippen molar-refractivity contribution >= 4 is 5.97 Å². The van der Waals surface area contributed by atoms with Crippen LogP contribution >= 0.6 is 0 Å². The monoisotopic (exact) mass is 292 g/mol. The Balaban J connectivity index is 3.22. The molecule has 3 nitrogen and oxygen atoms in total. The number of aliphatic carboxylic acids is 1. The summed E-state index contributed by atoms with van der Waals surface area (Å²) in [5, 5.41) is 19.5. The smallest absolute Gasteiger partial charge is 0.307 e. The maximum atomic E-state index is 11.0. The molecule has 0 fully saturated rings. The summed E-state index contributed by atoms with van der Waals surface area (Å²) >= 11 is 0. The summed E-state index contributed by atoms with van der Waals surface area (Å²) in [5.74, 6) is -0.513. The van der Waals surface area contributed by atoms with Crippen LogP contribution in [0, 0.1) is 13.8 Å². The molecule has 0 atom stereocenters. The van der Waals surface area contributed by atoms with E-state index in [9.17, 15) is 9.90 Å². The van der Waals surface area contributed by atoms with Crippen molar-refractivity contribution in [3.8, 4) is 5.75 Å². The van der Waals surface area contributed by atoms with Crippen LogP contribution in [-0.2, 0) is 16.6 Å². The molecule has 21 heavy (non-hydrogen) atoms. The van der Waals surface area contributed by atoms with Gasteiger partial charge in [-0.15, -0.1) is 0 Å². The average molecular weight is 292 g/mol. The van der Waals surface area contributed by atoms with Crippen LogP contribution in [-0.4, -0.2) is 16.2 Å². The predicted octanol–water partition coefficient (Wildman–Crippen LogP) is 4.49. The van der Waals surface area contributed by atoms with E-state index in [1.165, 1.54) is 12.8 Å². The molecule has 0 aliphatic heterocycles. The minimum absolute atomic E-state index is 0.00495. The molecule has 1 rings (SSSR count). The van der Waals surface area contributed by atoms with Crippen molar-refractivity contribution in [2.45, 2.75) is 72.1 Å². The number of carboxylic acid groups (broad SMARTS) is 1. The summed E-state index contributed by atoms with van der Waals surface area (Å²) in [6.07, 6.45) is 4.45. The largest absolute Gasteiger partial charge is 0.507 e. The van der Waals surface area contributed by atoms with E-state index in [0.717, 1.165) is 35.1 Å². The molecule has 2 N–H and O–H groups in total. The van der Waals surface area contributed by atoms with Gasteiger partial charge in [-0.25, -0.2) is 0 Å². The van der Waals surface area contributed by atoms with Crippen LogP contribution in [0.4, 0.5) is 0 Å². The highest BCUT2D eigenvalue weighted by atomic mass is 16.4. The van der Waals surface area contributed by atoms with E-state index in [1.54, 1.807) is 0 Å². The molecular formula is C18H28O3. The van der Waals surface area contributed by atoms with Crippen LogP contribution in [0.3, 0.4) is 0 Å². The van der Waals surface area contributed by atoms with Crippen molar-refractivity contribution in [2.24, 2.45) is 0 Å². The van der Waals surface area contributed by atoms with E-state index in [4.69, 9.17) is 5.11 Å². The van der Waals surface area contributed by atoms with Crippen LogP contribution in [0.1, 0.15) is 68.7 Å². The number of benzene rings is 1. The lowest BCUT2D eigenvalue weighted by molar-refractivity contribution is -0.136. The van der Waals surface area contributed by atoms with E-state index in [2.05, 4.69) is 20.8 Å². The van der Waals surface area contributed by atoms with Crippen molar-refractivity contribution in [3.05, 3.63) is 28.3 Å². The van der Waals surface area contributed by atoms with Gasteiger partial charge in [0.05, 0.1) is 6.42 Å². The molecule has 0 unspecified atom stereocenters. The Morgan fingerprint density at radius 2 is 1.81 bits per heavy atom. The Morgan fingerprint density at radius 1 is 1.19 bits per heavy atom. The van der Waals surface area contributed by atoms with Crippen molar-refractivity contribution in [3.63, 3.8) is 0 Å². The van der Waals surface area contributed by atoms with E-state index in [0.29, 0.717) is 5.75 Å². The number of hydrogen-bond acceptors (Lipinski definition) is 2. The highest BCUT2D eigenvalue weighted by Crippen LogP contribution is 2.39. The molecule has 0 aliphatic rings. The molecule has 1 aromatic carbocycles. The first kappa shape index (κ1) is 17.5. The molecule has 0 aliphatic carbocycles. The third-order valence-corrected chi connectivity index (χ3v) is 4.45. The van der Waals surface area contributed by atoms with Crippen LogP contribution in [0.25, 0.3) is 0 Å². The van der Waals surface area contributed by atoms with Crippen molar-refractivity contribution in [2.75, 3.05) is 0 Å². The number of aromatic hydroxyl groups is 1. The molecule has 1 aromatic rings. The molecular weight excluding hydrogens is 264 g/mol. The second kappa shape index (κ2) is 6.97. The van der Waals surface area contributed by atoms with Crippen LogP contribution in [0.5, 0.6) is 5.75 Å². The van der Waals surface area contributed by atoms with Gasteiger partial charge in [-0.05, 0) is 42.4 Å². The first-order chi connectivity index (χ1) is 9.70. The van der Waals surface area contributed by atoms with Gasteiger partial charge in [-0.2, -0.15) is 0 Å². The predicted molar refractivity (Wildman–Crippen MR) is 86.1 cm³/mol. The second-order valence-electron chi connectivity index (χ2n) is 6.59. The van der Waals surface area contributed by atoms with E-state index < -0.39 is 5.97 Å². The summed E-state index contributed by atoms with van der Waals surface area (Å²) in [5.41, 5.74) is 3.20. The number of rotatable bonds is 7. The summed E-state index contributed by atoms with van der Waals surface area (Å²) in [6.45, 7) is 10.2. The molecule has 0 saturated carbocycles. The van der Waals surface area contributed by atoms with Gasteiger partial charge in [0.2, 0.25) is 0 Å². The Kier molecular flexibility index (Phi) is 5.82. The number of phenols is 1. The van der Waals surface area contributed by atoms with Gasteiger partial charge in [-0.1, -0.05) is 46.1 Å². The lowest BCUT2D eigenvalue weighted by atomic mass is 9.77. The minimum atomic E-state index is -0.835. The maximum absolute atomic E-state index is 11.0. The number of hydrogen-bond donors (Lipinski definition) is 2. The molecule has 0 aromatic heterocycles. The standard InChI is InChI=1S/C18H28O3/c1-6-7-8-9-18(4,5)15-10-14(11-16(19)20)12(2)13(3)17(15)21/h10,21H,6-9,11H2,1-5H3,(H,19,20). The molecule has 0 amide bonds. The van der Waals surface area contributed by atoms with Gasteiger partial charge in [-0.3, -0.25) is 4.79 Å². The highest BCUT2D eigenvalue weighted by Gasteiger charge is 2.26. The van der Waals surface area contributed by atoms with Crippen molar-refractivity contribution in [1.82, 2.24) is 0 Å². The van der Waals surface area contributed by atoms with Crippen LogP contribution < -0.4 is 0 Å². The molecule has 3 heteroatoms. The average Bonchev–Trinajstić information content (AvgIpc) is 2.39. The highest BCUT2D eigenvalue weighted by molar-refractivity contribution is 5.71. The number of carboxylic acids is 1. The molecule has 0 heterocycles. The fraction of sp³-hybridized carbons (Fsp3) is 0.611. The van der Waals surface area contributed by atoms with Gasteiger partial charge in [0.25, 0.3) is 0 Å². The van der Waals surface area contributed by atoms with Gasteiger partial charge in [0.1, 0.15) is 5.75 Å². The zero-order valence-electron chi connectivity index (χ0n) is 13.9. The summed E-state index contributed by atoms with van der Waals surface area (Å²) in [7, 11) is 0. The van der Waals surface area contributed by atoms with Gasteiger partial charge >= 0.3 is 5.97 Å². The third kappa shape index (κ3) is 4.23. The number of phenolic OH excluding ortho intramolecular Hbond substituents is 1. The number of carbonyl (C=O) groups is 1. The Bertz CT molecular complexity index is 516. The SMILES string of the molecule is CCCCCC(C)(C)c1cc(CC(=O)O)c(C)c(C)c1O. The summed E-state index contributed by atoms with van der Waals surface area (Å²) in [6, 6.07) is 1.89. The Morgan fingerprint density at radius 3 is 2.33 bits per heavy atom. The van der Waals surface area contributed by atoms with Gasteiger partial charge in [0, 0.05) is 5.56 Å². The van der Waals surface area contributed by atoms with Crippen molar-refractivity contribution in [1.29, 1.82) is 0 Å². The van der Waals surface area contributed by atoms with Gasteiger partial charge < -0.3 is 10.2 Å². The zero-order chi connectivity index (χ0) is 16.2. The van der Waals surface area contributed by atoms with Crippen molar-refractivity contribution < 1.29 is 15.0 Å². The maximum Gasteiger partial charge on any atom is 0.307 e. The number of unbranched alkanes of at least 4 members (excludes halogenated alkanes) is 2. The zero-order valence-corrected chi connectivity index (χ0v) is 13.9. The topological polar surface area (TPSA) is 57.5 Å². The van der Waals surface area contributed by atoms with E-state index in [1.807, 2.05) is 19.9 Å².